The highest BCUT2D eigenvalue weighted by molar-refractivity contribution is 6.72. The van der Waals surface area contributed by atoms with Gasteiger partial charge in [-0.2, -0.15) is 0 Å². The lowest BCUT2D eigenvalue weighted by atomic mass is 10.1. The van der Waals surface area contributed by atoms with Gasteiger partial charge in [-0.1, -0.05) is 37.6 Å². The topological polar surface area (TPSA) is 60.7 Å². The minimum atomic E-state index is -4.12. The van der Waals surface area contributed by atoms with Gasteiger partial charge < -0.3 is 14.4 Å². The number of benzene rings is 1. The van der Waals surface area contributed by atoms with Crippen LogP contribution in [-0.4, -0.2) is 23.2 Å². The Balaban J connectivity index is 3.05. The van der Waals surface area contributed by atoms with Gasteiger partial charge in [-0.05, 0) is 12.0 Å². The highest BCUT2D eigenvalue weighted by atomic mass is 28.4. The predicted octanol–water partition coefficient (Wildman–Crippen LogP) is -0.238. The van der Waals surface area contributed by atoms with Gasteiger partial charge in [-0.15, -0.1) is 0 Å². The van der Waals surface area contributed by atoms with Gasteiger partial charge in [0.2, 0.25) is 0 Å². The summed E-state index contributed by atoms with van der Waals surface area (Å²) < 4.78 is 0. The Morgan fingerprint density at radius 3 is 2.31 bits per heavy atom. The van der Waals surface area contributed by atoms with E-state index in [4.69, 9.17) is 14.4 Å². The van der Waals surface area contributed by atoms with Crippen LogP contribution in [0.4, 0.5) is 0 Å². The molecular formula is C9H14O3Si. The molecule has 3 nitrogen and oxygen atoms in total. The minimum Gasteiger partial charge on any atom is -0.386 e. The monoisotopic (exact) mass is 198 g/mol. The SMILES string of the molecule is CCCc1ccccc1[Si](O)(O)O. The van der Waals surface area contributed by atoms with E-state index in [9.17, 15) is 0 Å². The Labute approximate surface area is 78.7 Å². The number of rotatable bonds is 3. The van der Waals surface area contributed by atoms with Gasteiger partial charge in [0.1, 0.15) is 0 Å². The van der Waals surface area contributed by atoms with E-state index in [-0.39, 0.29) is 0 Å². The van der Waals surface area contributed by atoms with Crippen LogP contribution >= 0.6 is 0 Å². The molecule has 0 fully saturated rings. The van der Waals surface area contributed by atoms with E-state index in [2.05, 4.69) is 0 Å². The zero-order chi connectivity index (χ0) is 9.90. The molecule has 0 spiro atoms. The van der Waals surface area contributed by atoms with Crippen molar-refractivity contribution in [3.8, 4) is 0 Å². The Hall–Kier alpha value is -0.683. The Morgan fingerprint density at radius 1 is 1.15 bits per heavy atom. The highest BCUT2D eigenvalue weighted by Gasteiger charge is 2.32. The summed E-state index contributed by atoms with van der Waals surface area (Å²) >= 11 is 0. The normalized spacial score (nSPS) is 11.7. The summed E-state index contributed by atoms with van der Waals surface area (Å²) in [5, 5.41) is 0.303. The molecule has 0 amide bonds. The van der Waals surface area contributed by atoms with Gasteiger partial charge in [0.15, 0.2) is 0 Å². The van der Waals surface area contributed by atoms with Crippen LogP contribution in [0.25, 0.3) is 0 Å². The van der Waals surface area contributed by atoms with Crippen molar-refractivity contribution >= 4 is 14.0 Å². The second kappa shape index (κ2) is 4.02. The third kappa shape index (κ3) is 2.63. The molecule has 0 aliphatic heterocycles. The van der Waals surface area contributed by atoms with Crippen molar-refractivity contribution in [3.63, 3.8) is 0 Å². The van der Waals surface area contributed by atoms with Crippen molar-refractivity contribution in [2.24, 2.45) is 0 Å². The summed E-state index contributed by atoms with van der Waals surface area (Å²) in [7, 11) is -4.12. The van der Waals surface area contributed by atoms with Crippen LogP contribution in [0.15, 0.2) is 24.3 Å². The smallest absolute Gasteiger partial charge is 0.386 e. The van der Waals surface area contributed by atoms with Crippen molar-refractivity contribution < 1.29 is 14.4 Å². The predicted molar refractivity (Wildman–Crippen MR) is 52.5 cm³/mol. The van der Waals surface area contributed by atoms with Crippen LogP contribution in [0.2, 0.25) is 0 Å². The lowest BCUT2D eigenvalue weighted by Gasteiger charge is -2.13. The molecule has 0 bridgehead atoms. The summed E-state index contributed by atoms with van der Waals surface area (Å²) in [6, 6.07) is 6.90. The fourth-order valence-electron chi connectivity index (χ4n) is 1.33. The summed E-state index contributed by atoms with van der Waals surface area (Å²) in [5.41, 5.74) is 0.823. The fourth-order valence-corrected chi connectivity index (χ4v) is 2.29. The quantitative estimate of drug-likeness (QED) is 0.588. The highest BCUT2D eigenvalue weighted by Crippen LogP contribution is 2.03. The minimum absolute atomic E-state index is 0.303. The first-order chi connectivity index (χ1) is 6.05. The van der Waals surface area contributed by atoms with E-state index in [0.29, 0.717) is 5.19 Å². The fraction of sp³-hybridized carbons (Fsp3) is 0.333. The zero-order valence-electron chi connectivity index (χ0n) is 7.57. The standard InChI is InChI=1S/C9H14O3Si/c1-2-5-8-6-3-4-7-9(8)13(10,11)12/h3-4,6-7,10-12H,2,5H2,1H3. The molecule has 0 saturated carbocycles. The third-order valence-electron chi connectivity index (χ3n) is 1.90. The first-order valence-electron chi connectivity index (χ1n) is 4.31. The van der Waals surface area contributed by atoms with E-state index in [1.165, 1.54) is 0 Å². The summed E-state index contributed by atoms with van der Waals surface area (Å²) in [6.45, 7) is 2.01. The van der Waals surface area contributed by atoms with E-state index >= 15 is 0 Å². The van der Waals surface area contributed by atoms with Crippen LogP contribution in [0, 0.1) is 0 Å². The first-order valence-corrected chi connectivity index (χ1v) is 6.15. The molecule has 13 heavy (non-hydrogen) atoms. The summed E-state index contributed by atoms with van der Waals surface area (Å²) in [4.78, 5) is 27.4. The van der Waals surface area contributed by atoms with E-state index in [1.807, 2.05) is 19.1 Å². The summed E-state index contributed by atoms with van der Waals surface area (Å²) in [6.07, 6.45) is 1.67. The van der Waals surface area contributed by atoms with E-state index < -0.39 is 8.80 Å². The molecule has 0 saturated heterocycles. The molecule has 3 N–H and O–H groups in total. The van der Waals surface area contributed by atoms with Crippen LogP contribution in [0.5, 0.6) is 0 Å². The van der Waals surface area contributed by atoms with Gasteiger partial charge in [-0.25, -0.2) is 0 Å². The van der Waals surface area contributed by atoms with E-state index in [0.717, 1.165) is 18.4 Å². The maximum atomic E-state index is 9.15. The van der Waals surface area contributed by atoms with Crippen molar-refractivity contribution in [1.82, 2.24) is 0 Å². The molecule has 72 valence electrons. The molecule has 4 heteroatoms. The summed E-state index contributed by atoms with van der Waals surface area (Å²) in [5.74, 6) is 0. The Morgan fingerprint density at radius 2 is 1.77 bits per heavy atom. The largest absolute Gasteiger partial charge is 0.529 e. The van der Waals surface area contributed by atoms with Crippen molar-refractivity contribution in [2.75, 3.05) is 0 Å². The van der Waals surface area contributed by atoms with Crippen LogP contribution in [0.3, 0.4) is 0 Å². The molecule has 1 rings (SSSR count). The number of hydrogen-bond donors (Lipinski definition) is 3. The molecule has 1 aromatic carbocycles. The van der Waals surface area contributed by atoms with Crippen molar-refractivity contribution in [2.45, 2.75) is 19.8 Å². The second-order valence-corrected chi connectivity index (χ2v) is 4.85. The Bertz CT molecular complexity index is 280. The molecule has 0 atom stereocenters. The average molecular weight is 198 g/mol. The number of hydrogen-bond acceptors (Lipinski definition) is 3. The van der Waals surface area contributed by atoms with Gasteiger partial charge in [-0.3, -0.25) is 0 Å². The maximum Gasteiger partial charge on any atom is 0.529 e. The average Bonchev–Trinajstić information content (AvgIpc) is 2.04. The zero-order valence-corrected chi connectivity index (χ0v) is 8.57. The maximum absolute atomic E-state index is 9.15. The van der Waals surface area contributed by atoms with Crippen LogP contribution in [0.1, 0.15) is 18.9 Å². The van der Waals surface area contributed by atoms with Crippen LogP contribution in [-0.2, 0) is 6.42 Å². The van der Waals surface area contributed by atoms with Gasteiger partial charge in [0.05, 0.1) is 0 Å². The molecule has 0 aliphatic carbocycles. The third-order valence-corrected chi connectivity index (χ3v) is 3.11. The van der Waals surface area contributed by atoms with Crippen LogP contribution < -0.4 is 5.19 Å². The first kappa shape index (κ1) is 10.4. The molecule has 0 heterocycles. The second-order valence-electron chi connectivity index (χ2n) is 3.04. The molecular weight excluding hydrogens is 184 g/mol. The van der Waals surface area contributed by atoms with Crippen molar-refractivity contribution in [1.29, 1.82) is 0 Å². The molecule has 0 aliphatic rings. The molecule has 0 unspecified atom stereocenters. The molecule has 0 aromatic heterocycles. The van der Waals surface area contributed by atoms with Gasteiger partial charge >= 0.3 is 8.80 Å². The van der Waals surface area contributed by atoms with E-state index in [1.54, 1.807) is 12.1 Å². The van der Waals surface area contributed by atoms with Gasteiger partial charge in [0.25, 0.3) is 0 Å². The number of aryl methyl sites for hydroxylation is 1. The molecule has 1 aromatic rings. The lowest BCUT2D eigenvalue weighted by molar-refractivity contribution is 0.249. The van der Waals surface area contributed by atoms with Crippen molar-refractivity contribution in [3.05, 3.63) is 29.8 Å². The lowest BCUT2D eigenvalue weighted by Crippen LogP contribution is -2.50. The molecule has 0 radical (unpaired) electrons. The van der Waals surface area contributed by atoms with Gasteiger partial charge in [0, 0.05) is 5.19 Å². The Kier molecular flexibility index (Phi) is 3.21.